The summed E-state index contributed by atoms with van der Waals surface area (Å²) in [6, 6.07) is 27.7. The fourth-order valence-corrected chi connectivity index (χ4v) is 6.33. The molecule has 0 saturated carbocycles. The van der Waals surface area contributed by atoms with Crippen molar-refractivity contribution in [3.05, 3.63) is 96.1 Å². The molecule has 4 heterocycles. The molecule has 4 aliphatic heterocycles. The van der Waals surface area contributed by atoms with Crippen molar-refractivity contribution in [3.63, 3.8) is 0 Å². The molecule has 7 nitrogen and oxygen atoms in total. The number of amides is 3. The number of quaternary nitrogens is 1. The number of piperidine rings is 1. The Bertz CT molecular complexity index is 1230. The zero-order valence-electron chi connectivity index (χ0n) is 20.3. The van der Waals surface area contributed by atoms with Gasteiger partial charge >= 0.3 is 6.03 Å². The number of hydrogen-bond acceptors (Lipinski definition) is 4. The van der Waals surface area contributed by atoms with E-state index in [9.17, 15) is 9.59 Å². The average molecular weight is 483 g/mol. The largest absolute Gasteiger partial charge is 0.448 e. The highest BCUT2D eigenvalue weighted by Gasteiger charge is 2.65. The van der Waals surface area contributed by atoms with Crippen LogP contribution in [0.1, 0.15) is 30.4 Å². The molecular weight excluding hydrogens is 450 g/mol. The molecule has 7 heteroatoms. The highest BCUT2D eigenvalue weighted by molar-refractivity contribution is 6.10. The van der Waals surface area contributed by atoms with Crippen LogP contribution in [-0.4, -0.2) is 49.1 Å². The summed E-state index contributed by atoms with van der Waals surface area (Å²) in [6.45, 7) is 2.31. The molecule has 7 rings (SSSR count). The second-order valence-corrected chi connectivity index (χ2v) is 9.91. The maximum Gasteiger partial charge on any atom is 0.448 e. The van der Waals surface area contributed by atoms with Crippen LogP contribution in [0.25, 0.3) is 0 Å². The molecule has 3 aromatic carbocycles. The fraction of sp³-hybridized carbons (Fsp3) is 0.310. The monoisotopic (exact) mass is 482 g/mol. The number of fused-ring (bicyclic) bond motifs is 5. The van der Waals surface area contributed by atoms with Gasteiger partial charge < -0.3 is 10.6 Å². The number of rotatable bonds is 5. The number of hydrogen-bond donors (Lipinski definition) is 2. The lowest BCUT2D eigenvalue weighted by Gasteiger charge is -2.51. The van der Waals surface area contributed by atoms with Gasteiger partial charge in [0.1, 0.15) is 11.7 Å². The van der Waals surface area contributed by atoms with Crippen LogP contribution in [-0.2, 0) is 10.3 Å². The Morgan fingerprint density at radius 2 is 1.44 bits per heavy atom. The highest BCUT2D eigenvalue weighted by Crippen LogP contribution is 2.49. The van der Waals surface area contributed by atoms with Gasteiger partial charge in [0.15, 0.2) is 11.2 Å². The zero-order chi connectivity index (χ0) is 24.8. The summed E-state index contributed by atoms with van der Waals surface area (Å²) in [6.07, 6.45) is 2.21. The smallest absolute Gasteiger partial charge is 0.340 e. The van der Waals surface area contributed by atoms with Crippen LogP contribution < -0.4 is 20.7 Å². The molecule has 3 N–H and O–H groups in total. The van der Waals surface area contributed by atoms with Gasteiger partial charge in [0.05, 0.1) is 0 Å². The molecule has 1 unspecified atom stereocenters. The molecule has 1 atom stereocenters. The number of carbonyl (C=O) groups excluding carboxylic acids is 2. The molecule has 0 aromatic heterocycles. The lowest BCUT2D eigenvalue weighted by atomic mass is 9.80. The van der Waals surface area contributed by atoms with Crippen LogP contribution in [0.15, 0.2) is 84.9 Å². The number of anilines is 1. The van der Waals surface area contributed by atoms with Gasteiger partial charge in [0.25, 0.3) is 5.91 Å². The summed E-state index contributed by atoms with van der Waals surface area (Å²) < 4.78 is -0.0654. The van der Waals surface area contributed by atoms with E-state index < -0.39 is 5.54 Å². The third-order valence-corrected chi connectivity index (χ3v) is 8.05. The first-order chi connectivity index (χ1) is 17.6. The summed E-state index contributed by atoms with van der Waals surface area (Å²) >= 11 is 0. The van der Waals surface area contributed by atoms with E-state index in [1.165, 1.54) is 0 Å². The Labute approximate surface area is 211 Å². The average Bonchev–Trinajstić information content (AvgIpc) is 3.18. The van der Waals surface area contributed by atoms with Crippen molar-refractivity contribution in [2.45, 2.75) is 30.8 Å². The second-order valence-electron chi connectivity index (χ2n) is 9.91. The van der Waals surface area contributed by atoms with Crippen molar-refractivity contribution in [1.82, 2.24) is 14.9 Å². The van der Waals surface area contributed by atoms with E-state index in [-0.39, 0.29) is 22.6 Å². The highest BCUT2D eigenvalue weighted by atomic mass is 16.2. The molecule has 0 aliphatic carbocycles. The SMILES string of the molecule is NCCCN1C(=O)[N+]2(NC(c3ccccc3)(c3ccccc3)C(=O)N3CCC2CC3)c2ccccc21. The molecule has 0 radical (unpaired) electrons. The van der Waals surface area contributed by atoms with E-state index in [4.69, 9.17) is 5.73 Å². The lowest BCUT2D eigenvalue weighted by Crippen LogP contribution is -2.79. The van der Waals surface area contributed by atoms with E-state index >= 15 is 0 Å². The van der Waals surface area contributed by atoms with Crippen LogP contribution in [0.2, 0.25) is 0 Å². The van der Waals surface area contributed by atoms with Gasteiger partial charge in [-0.2, -0.15) is 0 Å². The Hall–Kier alpha value is -3.52. The Balaban J connectivity index is 1.64. The molecular formula is C29H32N5O2+. The van der Waals surface area contributed by atoms with Crippen molar-refractivity contribution in [1.29, 1.82) is 0 Å². The Morgan fingerprint density at radius 1 is 0.861 bits per heavy atom. The van der Waals surface area contributed by atoms with Crippen LogP contribution in [0, 0.1) is 0 Å². The molecule has 3 fully saturated rings. The third kappa shape index (κ3) is 3.17. The normalized spacial score (nSPS) is 23.1. The second kappa shape index (κ2) is 8.85. The molecule has 184 valence electrons. The van der Waals surface area contributed by atoms with E-state index in [0.717, 1.165) is 35.3 Å². The van der Waals surface area contributed by atoms with Crippen LogP contribution in [0.5, 0.6) is 0 Å². The quantitative estimate of drug-likeness (QED) is 0.543. The molecule has 2 bridgehead atoms. The van der Waals surface area contributed by atoms with E-state index in [1.807, 2.05) is 94.7 Å². The fourth-order valence-electron chi connectivity index (χ4n) is 6.33. The van der Waals surface area contributed by atoms with Crippen molar-refractivity contribution < 1.29 is 9.59 Å². The van der Waals surface area contributed by atoms with Crippen molar-refractivity contribution in [2.24, 2.45) is 5.73 Å². The number of nitrogens with one attached hydrogen (secondary N) is 1. The van der Waals surface area contributed by atoms with Gasteiger partial charge in [-0.15, -0.1) is 10.0 Å². The maximum atomic E-state index is 14.6. The van der Waals surface area contributed by atoms with Crippen molar-refractivity contribution >= 4 is 23.3 Å². The van der Waals surface area contributed by atoms with Crippen LogP contribution >= 0.6 is 0 Å². The van der Waals surface area contributed by atoms with E-state index in [1.54, 1.807) is 0 Å². The minimum atomic E-state index is -1.23. The number of carbonyl (C=O) groups is 2. The van der Waals surface area contributed by atoms with Gasteiger partial charge in [-0.05, 0) is 30.2 Å². The summed E-state index contributed by atoms with van der Waals surface area (Å²) in [5.41, 5.74) is 11.9. The summed E-state index contributed by atoms with van der Waals surface area (Å²) in [5.74, 6) is -0.0127. The molecule has 3 saturated heterocycles. The van der Waals surface area contributed by atoms with Crippen LogP contribution in [0.3, 0.4) is 0 Å². The first-order valence-corrected chi connectivity index (χ1v) is 12.8. The number of benzene rings is 3. The predicted octanol–water partition coefficient (Wildman–Crippen LogP) is 3.74. The Morgan fingerprint density at radius 3 is 2.06 bits per heavy atom. The topological polar surface area (TPSA) is 78.7 Å². The standard InChI is InChI=1S/C29H32N5O2/c30-18-9-19-33-25-14-7-8-15-26(25)34(28(33)36)24-16-20-32(21-17-24)27(35)29(31-34,22-10-3-1-4-11-22)23-12-5-2-6-13-23/h1-8,10-15,24,31H,9,16-21,30H2/q+1. The summed E-state index contributed by atoms with van der Waals surface area (Å²) in [7, 11) is 0. The van der Waals surface area contributed by atoms with Gasteiger partial charge in [0, 0.05) is 38.5 Å². The van der Waals surface area contributed by atoms with Gasteiger partial charge in [0.2, 0.25) is 0 Å². The first-order valence-electron chi connectivity index (χ1n) is 12.8. The third-order valence-electron chi connectivity index (χ3n) is 8.05. The van der Waals surface area contributed by atoms with E-state index in [0.29, 0.717) is 32.6 Å². The number of nitrogens with zero attached hydrogens (tertiary/aromatic N) is 3. The number of para-hydroxylation sites is 2. The van der Waals surface area contributed by atoms with Gasteiger partial charge in [-0.1, -0.05) is 72.8 Å². The minimum Gasteiger partial charge on any atom is -0.340 e. The zero-order valence-corrected chi connectivity index (χ0v) is 20.3. The summed E-state index contributed by atoms with van der Waals surface area (Å²) in [4.78, 5) is 33.1. The molecule has 3 amide bonds. The predicted molar refractivity (Wildman–Crippen MR) is 141 cm³/mol. The first kappa shape index (κ1) is 22.9. The van der Waals surface area contributed by atoms with Crippen molar-refractivity contribution in [2.75, 3.05) is 31.1 Å². The number of urea groups is 1. The lowest BCUT2D eigenvalue weighted by molar-refractivity contribution is -0.144. The molecule has 36 heavy (non-hydrogen) atoms. The maximum absolute atomic E-state index is 14.6. The Kier molecular flexibility index (Phi) is 5.63. The van der Waals surface area contributed by atoms with Gasteiger partial charge in [-0.25, -0.2) is 4.79 Å². The van der Waals surface area contributed by atoms with Crippen molar-refractivity contribution in [3.8, 4) is 0 Å². The number of nitrogens with two attached hydrogens (primary N) is 1. The molecule has 1 spiro atoms. The minimum absolute atomic E-state index is 0.00215. The molecule has 3 aromatic rings. The molecule has 4 aliphatic rings. The van der Waals surface area contributed by atoms with Crippen LogP contribution in [0.4, 0.5) is 16.2 Å². The van der Waals surface area contributed by atoms with Gasteiger partial charge in [-0.3, -0.25) is 9.69 Å². The van der Waals surface area contributed by atoms with E-state index in [2.05, 4.69) is 5.43 Å². The summed E-state index contributed by atoms with van der Waals surface area (Å²) in [5, 5.41) is 0.